The fourth-order valence-electron chi connectivity index (χ4n) is 3.10. The summed E-state index contributed by atoms with van der Waals surface area (Å²) in [6.07, 6.45) is 7.51. The summed E-state index contributed by atoms with van der Waals surface area (Å²) in [4.78, 5) is 0. The molecule has 1 N–H and O–H groups in total. The normalized spacial score (nSPS) is 18.5. The standard InChI is InChI=1S/C16H23F2N/c1-2-16(12-6-4-3-5-7-12)19-11-13-10-14(17)8-9-15(13)18/h8-10,12,16,19H,2-7,11H2,1H3. The molecule has 1 aromatic rings. The third kappa shape index (κ3) is 4.00. The molecular formula is C16H23F2N. The van der Waals surface area contributed by atoms with Crippen LogP contribution >= 0.6 is 0 Å². The Morgan fingerprint density at radius 1 is 1.21 bits per heavy atom. The second-order valence-corrected chi connectivity index (χ2v) is 5.53. The molecule has 0 amide bonds. The molecule has 0 aliphatic heterocycles. The molecule has 2 rings (SSSR count). The maximum Gasteiger partial charge on any atom is 0.127 e. The third-order valence-electron chi connectivity index (χ3n) is 4.22. The monoisotopic (exact) mass is 267 g/mol. The van der Waals surface area contributed by atoms with E-state index in [1.54, 1.807) is 0 Å². The molecule has 0 aromatic heterocycles. The zero-order valence-corrected chi connectivity index (χ0v) is 11.6. The molecule has 0 bridgehead atoms. The summed E-state index contributed by atoms with van der Waals surface area (Å²) in [5.74, 6) is -0.00770. The van der Waals surface area contributed by atoms with Crippen LogP contribution in [0.1, 0.15) is 51.0 Å². The Kier molecular flexibility index (Phi) is 5.32. The Balaban J connectivity index is 1.93. The zero-order valence-electron chi connectivity index (χ0n) is 11.6. The van der Waals surface area contributed by atoms with Gasteiger partial charge in [-0.1, -0.05) is 26.2 Å². The highest BCUT2D eigenvalue weighted by atomic mass is 19.1. The van der Waals surface area contributed by atoms with Gasteiger partial charge in [0.2, 0.25) is 0 Å². The molecule has 106 valence electrons. The summed E-state index contributed by atoms with van der Waals surface area (Å²) in [5, 5.41) is 3.42. The molecule has 1 atom stereocenters. The SMILES string of the molecule is CCC(NCc1cc(F)ccc1F)C1CCCCC1. The first-order valence-corrected chi connectivity index (χ1v) is 7.38. The number of hydrogen-bond donors (Lipinski definition) is 1. The van der Waals surface area contributed by atoms with Crippen molar-refractivity contribution in [3.05, 3.63) is 35.4 Å². The van der Waals surface area contributed by atoms with Crippen LogP contribution in [0.5, 0.6) is 0 Å². The summed E-state index contributed by atoms with van der Waals surface area (Å²) >= 11 is 0. The summed E-state index contributed by atoms with van der Waals surface area (Å²) in [5.41, 5.74) is 0.425. The fourth-order valence-corrected chi connectivity index (χ4v) is 3.10. The summed E-state index contributed by atoms with van der Waals surface area (Å²) < 4.78 is 26.7. The molecule has 1 aliphatic rings. The molecular weight excluding hydrogens is 244 g/mol. The maximum atomic E-state index is 13.6. The first-order valence-electron chi connectivity index (χ1n) is 7.38. The van der Waals surface area contributed by atoms with Crippen molar-refractivity contribution in [2.24, 2.45) is 5.92 Å². The maximum absolute atomic E-state index is 13.6. The summed E-state index contributed by atoms with van der Waals surface area (Å²) in [6, 6.07) is 4.07. The van der Waals surface area contributed by atoms with E-state index in [1.165, 1.54) is 44.2 Å². The minimum atomic E-state index is -0.371. The van der Waals surface area contributed by atoms with Gasteiger partial charge in [-0.05, 0) is 43.4 Å². The number of nitrogens with one attached hydrogen (secondary N) is 1. The molecule has 1 unspecified atom stereocenters. The lowest BCUT2D eigenvalue weighted by Crippen LogP contribution is -2.36. The van der Waals surface area contributed by atoms with Gasteiger partial charge in [0.05, 0.1) is 0 Å². The molecule has 0 radical (unpaired) electrons. The average Bonchev–Trinajstić information content (AvgIpc) is 2.44. The van der Waals surface area contributed by atoms with Crippen LogP contribution < -0.4 is 5.32 Å². The van der Waals surface area contributed by atoms with Crippen molar-refractivity contribution in [1.29, 1.82) is 0 Å². The van der Waals surface area contributed by atoms with Gasteiger partial charge in [-0.15, -0.1) is 0 Å². The number of hydrogen-bond acceptors (Lipinski definition) is 1. The number of rotatable bonds is 5. The Morgan fingerprint density at radius 2 is 1.95 bits per heavy atom. The van der Waals surface area contributed by atoms with Crippen LogP contribution in [0.25, 0.3) is 0 Å². The van der Waals surface area contributed by atoms with E-state index in [4.69, 9.17) is 0 Å². The highest BCUT2D eigenvalue weighted by Gasteiger charge is 2.22. The molecule has 0 spiro atoms. The Hall–Kier alpha value is -0.960. The molecule has 0 saturated heterocycles. The minimum absolute atomic E-state index is 0.326. The van der Waals surface area contributed by atoms with Gasteiger partial charge in [0.1, 0.15) is 11.6 Å². The highest BCUT2D eigenvalue weighted by molar-refractivity contribution is 5.18. The molecule has 1 saturated carbocycles. The Morgan fingerprint density at radius 3 is 2.63 bits per heavy atom. The van der Waals surface area contributed by atoms with Gasteiger partial charge < -0.3 is 5.32 Å². The quantitative estimate of drug-likeness (QED) is 0.833. The second kappa shape index (κ2) is 6.99. The van der Waals surface area contributed by atoms with E-state index >= 15 is 0 Å². The second-order valence-electron chi connectivity index (χ2n) is 5.53. The molecule has 0 heterocycles. The first-order chi connectivity index (χ1) is 9.20. The molecule has 1 aromatic carbocycles. The van der Waals surface area contributed by atoms with E-state index in [2.05, 4.69) is 12.2 Å². The highest BCUT2D eigenvalue weighted by Crippen LogP contribution is 2.28. The predicted molar refractivity (Wildman–Crippen MR) is 73.9 cm³/mol. The Labute approximate surface area is 114 Å². The molecule has 3 heteroatoms. The molecule has 1 aliphatic carbocycles. The van der Waals surface area contributed by atoms with Crippen molar-refractivity contribution in [3.63, 3.8) is 0 Å². The minimum Gasteiger partial charge on any atom is -0.310 e. The van der Waals surface area contributed by atoms with E-state index < -0.39 is 0 Å². The lowest BCUT2D eigenvalue weighted by Gasteiger charge is -2.30. The summed E-state index contributed by atoms with van der Waals surface area (Å²) in [6.45, 7) is 2.58. The van der Waals surface area contributed by atoms with Crippen molar-refractivity contribution in [3.8, 4) is 0 Å². The van der Waals surface area contributed by atoms with Crippen molar-refractivity contribution in [2.75, 3.05) is 0 Å². The van der Waals surface area contributed by atoms with Gasteiger partial charge in [-0.3, -0.25) is 0 Å². The van der Waals surface area contributed by atoms with Crippen molar-refractivity contribution in [2.45, 2.75) is 58.0 Å². The average molecular weight is 267 g/mol. The first kappa shape index (κ1) is 14.4. The van der Waals surface area contributed by atoms with E-state index in [-0.39, 0.29) is 11.6 Å². The van der Waals surface area contributed by atoms with E-state index in [1.807, 2.05) is 0 Å². The van der Waals surface area contributed by atoms with Gasteiger partial charge in [0, 0.05) is 18.2 Å². The third-order valence-corrected chi connectivity index (χ3v) is 4.22. The van der Waals surface area contributed by atoms with Gasteiger partial charge in [-0.25, -0.2) is 8.78 Å². The van der Waals surface area contributed by atoms with Crippen molar-refractivity contribution in [1.82, 2.24) is 5.32 Å². The number of halogens is 2. The Bertz CT molecular complexity index is 400. The van der Waals surface area contributed by atoms with Crippen molar-refractivity contribution < 1.29 is 8.78 Å². The van der Waals surface area contributed by atoms with Crippen LogP contribution in [-0.4, -0.2) is 6.04 Å². The van der Waals surface area contributed by atoms with Gasteiger partial charge in [0.25, 0.3) is 0 Å². The topological polar surface area (TPSA) is 12.0 Å². The van der Waals surface area contributed by atoms with Crippen LogP contribution in [0.2, 0.25) is 0 Å². The van der Waals surface area contributed by atoms with Crippen LogP contribution in [0, 0.1) is 17.6 Å². The summed E-state index contributed by atoms with van der Waals surface area (Å²) in [7, 11) is 0. The van der Waals surface area contributed by atoms with Crippen LogP contribution in [0.15, 0.2) is 18.2 Å². The van der Waals surface area contributed by atoms with Crippen LogP contribution in [0.4, 0.5) is 8.78 Å². The van der Waals surface area contributed by atoms with Gasteiger partial charge >= 0.3 is 0 Å². The van der Waals surface area contributed by atoms with Crippen LogP contribution in [-0.2, 0) is 6.54 Å². The fraction of sp³-hybridized carbons (Fsp3) is 0.625. The zero-order chi connectivity index (χ0) is 13.7. The molecule has 1 nitrogen and oxygen atoms in total. The van der Waals surface area contributed by atoms with Crippen molar-refractivity contribution >= 4 is 0 Å². The van der Waals surface area contributed by atoms with Gasteiger partial charge in [-0.2, -0.15) is 0 Å². The van der Waals surface area contributed by atoms with Gasteiger partial charge in [0.15, 0.2) is 0 Å². The van der Waals surface area contributed by atoms with E-state index in [0.717, 1.165) is 12.5 Å². The smallest absolute Gasteiger partial charge is 0.127 e. The van der Waals surface area contributed by atoms with Crippen LogP contribution in [0.3, 0.4) is 0 Å². The predicted octanol–water partition coefficient (Wildman–Crippen LogP) is 4.41. The lowest BCUT2D eigenvalue weighted by molar-refractivity contribution is 0.261. The van der Waals surface area contributed by atoms with E-state index in [9.17, 15) is 8.78 Å². The van der Waals surface area contributed by atoms with E-state index in [0.29, 0.717) is 24.1 Å². The lowest BCUT2D eigenvalue weighted by atomic mass is 9.83. The number of benzene rings is 1. The molecule has 19 heavy (non-hydrogen) atoms. The molecule has 1 fully saturated rings. The largest absolute Gasteiger partial charge is 0.310 e.